The summed E-state index contributed by atoms with van der Waals surface area (Å²) in [6.07, 6.45) is 0. The lowest BCUT2D eigenvalue weighted by Gasteiger charge is -2.09. The van der Waals surface area contributed by atoms with Crippen molar-refractivity contribution in [1.29, 1.82) is 0 Å². The van der Waals surface area contributed by atoms with Crippen LogP contribution < -0.4 is 16.0 Å². The molecule has 11 heteroatoms. The van der Waals surface area contributed by atoms with Crippen molar-refractivity contribution in [2.45, 2.75) is 10.9 Å². The van der Waals surface area contributed by atoms with Crippen molar-refractivity contribution in [3.63, 3.8) is 0 Å². The molecule has 41 heavy (non-hydrogen) atoms. The van der Waals surface area contributed by atoms with Gasteiger partial charge in [-0.15, -0.1) is 23.1 Å². The number of carbonyl (C=O) groups excluding carboxylic acids is 3. The molecule has 3 N–H and O–H groups in total. The van der Waals surface area contributed by atoms with Gasteiger partial charge >= 0.3 is 0 Å². The summed E-state index contributed by atoms with van der Waals surface area (Å²) in [6, 6.07) is 26.7. The fourth-order valence-corrected chi connectivity index (χ4v) is 6.78. The van der Waals surface area contributed by atoms with E-state index in [2.05, 4.69) is 20.9 Å². The molecular weight excluding hydrogens is 596 g/mol. The Balaban J connectivity index is 1.05. The third-order valence-electron chi connectivity index (χ3n) is 5.95. The number of fused-ring (bicyclic) bond motifs is 2. The summed E-state index contributed by atoms with van der Waals surface area (Å²) < 4.78 is 1.65. The van der Waals surface area contributed by atoms with E-state index in [1.807, 2.05) is 60.7 Å². The number of halogens is 1. The number of para-hydroxylation sites is 1. The van der Waals surface area contributed by atoms with Gasteiger partial charge in [-0.05, 0) is 46.7 Å². The van der Waals surface area contributed by atoms with Crippen molar-refractivity contribution >= 4 is 96.5 Å². The molecule has 208 valence electrons. The van der Waals surface area contributed by atoms with Crippen LogP contribution in [0.4, 0.5) is 11.4 Å². The third kappa shape index (κ3) is 8.01. The van der Waals surface area contributed by atoms with Crippen molar-refractivity contribution in [3.05, 3.63) is 95.5 Å². The molecule has 7 nitrogen and oxygen atoms in total. The highest BCUT2D eigenvalue weighted by Gasteiger charge is 2.12. The number of carbonyl (C=O) groups is 3. The average Bonchev–Trinajstić information content (AvgIpc) is 3.38. The number of thioether (sulfide) groups is 2. The second kappa shape index (κ2) is 13.9. The van der Waals surface area contributed by atoms with Crippen LogP contribution in [0.5, 0.6) is 0 Å². The topological polar surface area (TPSA) is 100 Å². The fraction of sp³-hybridized carbons (Fsp3) is 0.133. The van der Waals surface area contributed by atoms with E-state index in [-0.39, 0.29) is 35.0 Å². The van der Waals surface area contributed by atoms with Gasteiger partial charge in [-0.25, -0.2) is 4.98 Å². The van der Waals surface area contributed by atoms with Gasteiger partial charge in [0.05, 0.1) is 38.2 Å². The lowest BCUT2D eigenvalue weighted by molar-refractivity contribution is -0.118. The van der Waals surface area contributed by atoms with E-state index >= 15 is 0 Å². The molecule has 0 fully saturated rings. The van der Waals surface area contributed by atoms with Crippen LogP contribution in [0.15, 0.2) is 89.3 Å². The van der Waals surface area contributed by atoms with Gasteiger partial charge in [0.15, 0.2) is 4.34 Å². The van der Waals surface area contributed by atoms with Crippen molar-refractivity contribution in [3.8, 4) is 0 Å². The lowest BCUT2D eigenvalue weighted by atomic mass is 10.0. The van der Waals surface area contributed by atoms with E-state index in [9.17, 15) is 14.4 Å². The minimum atomic E-state index is -0.188. The highest BCUT2D eigenvalue weighted by Crippen LogP contribution is 2.31. The molecule has 1 heterocycles. The Kier molecular flexibility index (Phi) is 9.79. The number of nitrogens with one attached hydrogen (secondary N) is 3. The molecule has 5 rings (SSSR count). The highest BCUT2D eigenvalue weighted by molar-refractivity contribution is 8.01. The maximum Gasteiger partial charge on any atom is 0.234 e. The van der Waals surface area contributed by atoms with E-state index in [0.717, 1.165) is 30.9 Å². The Labute approximate surface area is 254 Å². The molecule has 0 unspecified atom stereocenters. The molecule has 0 saturated carbocycles. The second-order valence-electron chi connectivity index (χ2n) is 8.93. The maximum absolute atomic E-state index is 12.5. The first-order chi connectivity index (χ1) is 19.9. The predicted octanol–water partition coefficient (Wildman–Crippen LogP) is 6.82. The number of aromatic nitrogens is 1. The van der Waals surface area contributed by atoms with Gasteiger partial charge in [-0.2, -0.15) is 0 Å². The fourth-order valence-electron chi connectivity index (χ4n) is 4.04. The zero-order chi connectivity index (χ0) is 28.6. The summed E-state index contributed by atoms with van der Waals surface area (Å²) in [5, 5.41) is 11.4. The van der Waals surface area contributed by atoms with Gasteiger partial charge < -0.3 is 16.0 Å². The van der Waals surface area contributed by atoms with Crippen LogP contribution >= 0.6 is 46.5 Å². The lowest BCUT2D eigenvalue weighted by Crippen LogP contribution is -2.25. The monoisotopic (exact) mass is 620 g/mol. The van der Waals surface area contributed by atoms with Crippen LogP contribution in [-0.4, -0.2) is 40.0 Å². The molecule has 0 saturated heterocycles. The largest absolute Gasteiger partial charge is 0.351 e. The first kappa shape index (κ1) is 28.9. The van der Waals surface area contributed by atoms with Gasteiger partial charge in [0.1, 0.15) is 0 Å². The number of hydrogen-bond acceptors (Lipinski definition) is 7. The van der Waals surface area contributed by atoms with Crippen molar-refractivity contribution in [2.75, 3.05) is 27.9 Å². The van der Waals surface area contributed by atoms with Gasteiger partial charge in [-0.1, -0.05) is 78.0 Å². The van der Waals surface area contributed by atoms with Crippen molar-refractivity contribution in [2.24, 2.45) is 0 Å². The van der Waals surface area contributed by atoms with Crippen molar-refractivity contribution in [1.82, 2.24) is 10.3 Å². The average molecular weight is 621 g/mol. The Bertz CT molecular complexity index is 1720. The normalized spacial score (nSPS) is 11.0. The molecule has 0 aliphatic carbocycles. The molecule has 0 spiro atoms. The molecule has 3 amide bonds. The van der Waals surface area contributed by atoms with E-state index in [0.29, 0.717) is 22.9 Å². The number of rotatable bonds is 11. The minimum Gasteiger partial charge on any atom is -0.351 e. The summed E-state index contributed by atoms with van der Waals surface area (Å²) >= 11 is 10.2. The van der Waals surface area contributed by atoms with E-state index in [1.165, 1.54) is 34.9 Å². The number of hydrogen-bond donors (Lipinski definition) is 3. The zero-order valence-corrected chi connectivity index (χ0v) is 24.9. The number of thiazole rings is 1. The quantitative estimate of drug-likeness (QED) is 0.140. The molecule has 5 aromatic rings. The van der Waals surface area contributed by atoms with Gasteiger partial charge in [-0.3, -0.25) is 14.4 Å². The summed E-state index contributed by atoms with van der Waals surface area (Å²) in [5.41, 5.74) is 3.07. The Hall–Kier alpha value is -3.57. The Morgan fingerprint density at radius 2 is 1.56 bits per heavy atom. The molecule has 0 atom stereocenters. The van der Waals surface area contributed by atoms with E-state index < -0.39 is 0 Å². The van der Waals surface area contributed by atoms with Gasteiger partial charge in [0.25, 0.3) is 0 Å². The Morgan fingerprint density at radius 1 is 0.805 bits per heavy atom. The maximum atomic E-state index is 12.5. The second-order valence-corrected chi connectivity index (χ2v) is 12.6. The van der Waals surface area contributed by atoms with Crippen molar-refractivity contribution < 1.29 is 14.4 Å². The van der Waals surface area contributed by atoms with Gasteiger partial charge in [0, 0.05) is 12.2 Å². The summed E-state index contributed by atoms with van der Waals surface area (Å²) in [6.45, 7) is 0.439. The molecule has 0 aliphatic rings. The molecule has 0 aliphatic heterocycles. The van der Waals surface area contributed by atoms with Crippen LogP contribution in [0.2, 0.25) is 5.02 Å². The molecule has 0 radical (unpaired) electrons. The number of nitrogens with zero attached hydrogens (tertiary/aromatic N) is 1. The summed E-state index contributed by atoms with van der Waals surface area (Å²) in [5.74, 6) is 0.0660. The molecule has 1 aromatic heterocycles. The molecule has 0 bridgehead atoms. The minimum absolute atomic E-state index is 0.118. The number of amides is 3. The first-order valence-electron chi connectivity index (χ1n) is 12.6. The Morgan fingerprint density at radius 3 is 2.44 bits per heavy atom. The third-order valence-corrected chi connectivity index (χ3v) is 9.37. The van der Waals surface area contributed by atoms with Crippen LogP contribution in [0.25, 0.3) is 21.0 Å². The predicted molar refractivity (Wildman–Crippen MR) is 172 cm³/mol. The summed E-state index contributed by atoms with van der Waals surface area (Å²) in [7, 11) is 0. The number of benzene rings is 4. The van der Waals surface area contributed by atoms with Gasteiger partial charge in [0.2, 0.25) is 17.7 Å². The van der Waals surface area contributed by atoms with Crippen LogP contribution in [0, 0.1) is 0 Å². The highest BCUT2D eigenvalue weighted by atomic mass is 35.5. The van der Waals surface area contributed by atoms with Crippen LogP contribution in [-0.2, 0) is 20.9 Å². The van der Waals surface area contributed by atoms with E-state index in [4.69, 9.17) is 11.6 Å². The molecular formula is C30H25ClN4O3S3. The SMILES string of the molecule is O=C(CSCC(=O)Nc1ccc2nc(SCC(=O)Nc3ccccc3Cl)sc2c1)NCc1cccc2ccccc12. The number of anilines is 2. The first-order valence-corrected chi connectivity index (χ1v) is 16.0. The van der Waals surface area contributed by atoms with E-state index in [1.54, 1.807) is 24.3 Å². The smallest absolute Gasteiger partial charge is 0.234 e. The van der Waals surface area contributed by atoms with Crippen LogP contribution in [0.3, 0.4) is 0 Å². The standard InChI is InChI=1S/C30H25ClN4O3S3/c31-23-10-3-4-11-24(23)34-29(38)18-40-30-35-25-13-12-21(14-26(25)41-30)33-28(37)17-39-16-27(36)32-15-20-8-5-7-19-6-1-2-9-22(19)20/h1-14H,15-18H2,(H,32,36)(H,33,37)(H,34,38). The molecule has 4 aromatic carbocycles. The summed E-state index contributed by atoms with van der Waals surface area (Å²) in [4.78, 5) is 41.7. The zero-order valence-electron chi connectivity index (χ0n) is 21.7. The van der Waals surface area contributed by atoms with Crippen LogP contribution in [0.1, 0.15) is 5.56 Å².